The highest BCUT2D eigenvalue weighted by Gasteiger charge is 2.16. The number of carbonyl (C=O) groups is 1. The molecule has 3 rings (SSSR count). The Bertz CT molecular complexity index is 810. The summed E-state index contributed by atoms with van der Waals surface area (Å²) in [6, 6.07) is 13.8. The maximum atomic E-state index is 12.2. The third kappa shape index (κ3) is 5.49. The first-order chi connectivity index (χ1) is 13.3. The van der Waals surface area contributed by atoms with Crippen LogP contribution in [0.2, 0.25) is 0 Å². The van der Waals surface area contributed by atoms with E-state index in [0.29, 0.717) is 5.75 Å². The number of hydrogen-bond donors (Lipinski definition) is 1. The van der Waals surface area contributed by atoms with Crippen molar-refractivity contribution in [3.05, 3.63) is 52.5 Å². The van der Waals surface area contributed by atoms with Gasteiger partial charge in [0, 0.05) is 24.5 Å². The van der Waals surface area contributed by atoms with E-state index in [4.69, 9.17) is 9.47 Å². The maximum Gasteiger partial charge on any atom is 0.262 e. The van der Waals surface area contributed by atoms with E-state index in [-0.39, 0.29) is 17.9 Å². The van der Waals surface area contributed by atoms with E-state index in [9.17, 15) is 4.79 Å². The fourth-order valence-electron chi connectivity index (χ4n) is 3.00. The van der Waals surface area contributed by atoms with Crippen LogP contribution in [-0.2, 0) is 14.9 Å². The molecule has 28 heavy (non-hydrogen) atoms. The summed E-state index contributed by atoms with van der Waals surface area (Å²) in [5.41, 5.74) is 3.16. The molecule has 0 aliphatic carbocycles. The van der Waals surface area contributed by atoms with Crippen molar-refractivity contribution in [2.24, 2.45) is 0 Å². The summed E-state index contributed by atoms with van der Waals surface area (Å²) in [7, 11) is 0. The summed E-state index contributed by atoms with van der Waals surface area (Å²) in [5.74, 6) is 0.469. The molecule has 1 N–H and O–H groups in total. The third-order valence-electron chi connectivity index (χ3n) is 4.68. The molecule has 6 heteroatoms. The molecule has 1 amide bonds. The number of amides is 1. The van der Waals surface area contributed by atoms with Crippen molar-refractivity contribution in [3.63, 3.8) is 0 Å². The standard InChI is InChI=1S/C22H27BrN2O3/c1-22(2,3)16-4-9-20(19(23)14-16)28-15-21(26)24-17-5-7-18(8-6-17)25-10-12-27-13-11-25/h4-9,14H,10-13,15H2,1-3H3,(H,24,26). The number of nitrogens with zero attached hydrogens (tertiary/aromatic N) is 1. The number of hydrogen-bond acceptors (Lipinski definition) is 4. The first-order valence-electron chi connectivity index (χ1n) is 9.48. The lowest BCUT2D eigenvalue weighted by Crippen LogP contribution is -2.36. The number of anilines is 2. The Morgan fingerprint density at radius 1 is 1.14 bits per heavy atom. The van der Waals surface area contributed by atoms with E-state index in [0.717, 1.165) is 42.2 Å². The molecule has 2 aromatic carbocycles. The fourth-order valence-corrected chi connectivity index (χ4v) is 3.50. The first kappa shape index (κ1) is 20.7. The fraction of sp³-hybridized carbons (Fsp3) is 0.409. The van der Waals surface area contributed by atoms with Gasteiger partial charge in [0.05, 0.1) is 17.7 Å². The molecule has 2 aromatic rings. The molecule has 0 saturated carbocycles. The number of ether oxygens (including phenoxy) is 2. The highest BCUT2D eigenvalue weighted by molar-refractivity contribution is 9.10. The highest BCUT2D eigenvalue weighted by Crippen LogP contribution is 2.31. The monoisotopic (exact) mass is 446 g/mol. The Morgan fingerprint density at radius 2 is 1.82 bits per heavy atom. The molecule has 1 aliphatic rings. The topological polar surface area (TPSA) is 50.8 Å². The Labute approximate surface area is 175 Å². The van der Waals surface area contributed by atoms with Crippen LogP contribution in [0.25, 0.3) is 0 Å². The second-order valence-corrected chi connectivity index (χ2v) is 8.73. The molecule has 1 fully saturated rings. The molecule has 0 unspecified atom stereocenters. The van der Waals surface area contributed by atoms with Crippen molar-refractivity contribution in [3.8, 4) is 5.75 Å². The first-order valence-corrected chi connectivity index (χ1v) is 10.3. The van der Waals surface area contributed by atoms with E-state index in [2.05, 4.69) is 46.9 Å². The third-order valence-corrected chi connectivity index (χ3v) is 5.30. The van der Waals surface area contributed by atoms with Crippen molar-refractivity contribution >= 4 is 33.2 Å². The van der Waals surface area contributed by atoms with Crippen LogP contribution >= 0.6 is 15.9 Å². The van der Waals surface area contributed by atoms with E-state index in [1.807, 2.05) is 42.5 Å². The second kappa shape index (κ2) is 8.97. The number of nitrogens with one attached hydrogen (secondary N) is 1. The molecule has 0 radical (unpaired) electrons. The number of halogens is 1. The zero-order chi connectivity index (χ0) is 20.1. The van der Waals surface area contributed by atoms with Crippen LogP contribution in [0.3, 0.4) is 0 Å². The summed E-state index contributed by atoms with van der Waals surface area (Å²) in [6.45, 7) is 9.72. The highest BCUT2D eigenvalue weighted by atomic mass is 79.9. The zero-order valence-corrected chi connectivity index (χ0v) is 18.2. The molecule has 5 nitrogen and oxygen atoms in total. The molecule has 1 aliphatic heterocycles. The minimum atomic E-state index is -0.189. The molecular formula is C22H27BrN2O3. The predicted molar refractivity (Wildman–Crippen MR) is 116 cm³/mol. The van der Waals surface area contributed by atoms with Gasteiger partial charge in [-0.2, -0.15) is 0 Å². The van der Waals surface area contributed by atoms with Gasteiger partial charge in [0.1, 0.15) is 5.75 Å². The SMILES string of the molecule is CC(C)(C)c1ccc(OCC(=O)Nc2ccc(N3CCOCC3)cc2)c(Br)c1. The van der Waals surface area contributed by atoms with Crippen molar-refractivity contribution < 1.29 is 14.3 Å². The van der Waals surface area contributed by atoms with E-state index >= 15 is 0 Å². The Hall–Kier alpha value is -2.05. The van der Waals surface area contributed by atoms with Crippen molar-refractivity contribution in [2.45, 2.75) is 26.2 Å². The van der Waals surface area contributed by atoms with Gasteiger partial charge in [-0.25, -0.2) is 0 Å². The Kier molecular flexibility index (Phi) is 6.62. The van der Waals surface area contributed by atoms with Crippen LogP contribution in [-0.4, -0.2) is 38.8 Å². The molecule has 0 atom stereocenters. The molecule has 0 bridgehead atoms. The normalized spacial score (nSPS) is 14.6. The van der Waals surface area contributed by atoms with Gasteiger partial charge in [-0.05, 0) is 63.3 Å². The van der Waals surface area contributed by atoms with Gasteiger partial charge in [0.15, 0.2) is 6.61 Å². The Balaban J connectivity index is 1.53. The molecule has 150 valence electrons. The van der Waals surface area contributed by atoms with E-state index < -0.39 is 0 Å². The molecule has 1 saturated heterocycles. The summed E-state index contributed by atoms with van der Waals surface area (Å²) in [4.78, 5) is 14.5. The van der Waals surface area contributed by atoms with Gasteiger partial charge in [-0.15, -0.1) is 0 Å². The maximum absolute atomic E-state index is 12.2. The quantitative estimate of drug-likeness (QED) is 0.728. The van der Waals surface area contributed by atoms with Crippen molar-refractivity contribution in [1.29, 1.82) is 0 Å². The lowest BCUT2D eigenvalue weighted by molar-refractivity contribution is -0.118. The second-order valence-electron chi connectivity index (χ2n) is 7.88. The molecular weight excluding hydrogens is 420 g/mol. The molecule has 1 heterocycles. The average molecular weight is 447 g/mol. The lowest BCUT2D eigenvalue weighted by atomic mass is 9.87. The van der Waals surface area contributed by atoms with Crippen LogP contribution in [0, 0.1) is 0 Å². The number of carbonyl (C=O) groups excluding carboxylic acids is 1. The average Bonchev–Trinajstić information content (AvgIpc) is 2.67. The number of morpholine rings is 1. The summed E-state index contributed by atoms with van der Waals surface area (Å²) in [5, 5.41) is 2.87. The zero-order valence-electron chi connectivity index (χ0n) is 16.6. The van der Waals surface area contributed by atoms with Crippen LogP contribution in [0.4, 0.5) is 11.4 Å². The molecule has 0 aromatic heterocycles. The summed E-state index contributed by atoms with van der Waals surface area (Å²) < 4.78 is 11.9. The largest absolute Gasteiger partial charge is 0.483 e. The van der Waals surface area contributed by atoms with Gasteiger partial charge in [0.25, 0.3) is 5.91 Å². The van der Waals surface area contributed by atoms with Crippen molar-refractivity contribution in [1.82, 2.24) is 0 Å². The van der Waals surface area contributed by atoms with Gasteiger partial charge in [-0.1, -0.05) is 26.8 Å². The number of rotatable bonds is 5. The van der Waals surface area contributed by atoms with Gasteiger partial charge >= 0.3 is 0 Å². The van der Waals surface area contributed by atoms with E-state index in [1.165, 1.54) is 5.56 Å². The minimum absolute atomic E-state index is 0.0430. The predicted octanol–water partition coefficient (Wildman–Crippen LogP) is 4.60. The van der Waals surface area contributed by atoms with Crippen LogP contribution in [0.1, 0.15) is 26.3 Å². The summed E-state index contributed by atoms with van der Waals surface area (Å²) in [6.07, 6.45) is 0. The van der Waals surface area contributed by atoms with Crippen LogP contribution in [0.15, 0.2) is 46.9 Å². The molecule has 0 spiro atoms. The smallest absolute Gasteiger partial charge is 0.262 e. The summed E-state index contributed by atoms with van der Waals surface area (Å²) >= 11 is 3.53. The van der Waals surface area contributed by atoms with Gasteiger partial charge < -0.3 is 19.7 Å². The van der Waals surface area contributed by atoms with E-state index in [1.54, 1.807) is 0 Å². The van der Waals surface area contributed by atoms with Gasteiger partial charge in [0.2, 0.25) is 0 Å². The minimum Gasteiger partial charge on any atom is -0.483 e. The van der Waals surface area contributed by atoms with Gasteiger partial charge in [-0.3, -0.25) is 4.79 Å². The van der Waals surface area contributed by atoms with Crippen LogP contribution in [0.5, 0.6) is 5.75 Å². The van der Waals surface area contributed by atoms with Crippen molar-refractivity contribution in [2.75, 3.05) is 43.1 Å². The number of benzene rings is 2. The lowest BCUT2D eigenvalue weighted by Gasteiger charge is -2.28. The van der Waals surface area contributed by atoms with Crippen LogP contribution < -0.4 is 15.0 Å². The Morgan fingerprint density at radius 3 is 2.43 bits per heavy atom.